The summed E-state index contributed by atoms with van der Waals surface area (Å²) < 4.78 is 10.6. The molecule has 1 atom stereocenters. The quantitative estimate of drug-likeness (QED) is 0.796. The lowest BCUT2D eigenvalue weighted by molar-refractivity contribution is -0.118. The molecule has 0 spiro atoms. The van der Waals surface area contributed by atoms with Crippen molar-refractivity contribution in [3.63, 3.8) is 0 Å². The summed E-state index contributed by atoms with van der Waals surface area (Å²) in [4.78, 5) is 11.3. The van der Waals surface area contributed by atoms with Crippen molar-refractivity contribution in [1.29, 1.82) is 0 Å². The Labute approximate surface area is 102 Å². The number of hydrogen-bond donors (Lipinski definition) is 0. The van der Waals surface area contributed by atoms with Gasteiger partial charge in [-0.1, -0.05) is 46.3 Å². The number of Topliss-reactive ketones (excluding diaryl/α,β-unsaturated/α-hetero) is 1. The summed E-state index contributed by atoms with van der Waals surface area (Å²) in [6.45, 7) is 0. The van der Waals surface area contributed by atoms with E-state index in [0.29, 0.717) is 6.42 Å². The van der Waals surface area contributed by atoms with Crippen LogP contribution < -0.4 is 0 Å². The summed E-state index contributed by atoms with van der Waals surface area (Å²) in [5.41, 5.74) is 1.12. The number of allylic oxidation sites excluding steroid dienone is 1. The number of carbonyl (C=O) groups excluding carboxylic acids is 1. The molecule has 0 aromatic heterocycles. The van der Waals surface area contributed by atoms with Crippen LogP contribution in [0.2, 0.25) is 0 Å². The number of hydrogen-bond acceptors (Lipinski definition) is 3. The van der Waals surface area contributed by atoms with Gasteiger partial charge in [-0.2, -0.15) is 0 Å². The highest BCUT2D eigenvalue weighted by atomic mass is 79.9. The van der Waals surface area contributed by atoms with Crippen LogP contribution in [0.3, 0.4) is 0 Å². The summed E-state index contributed by atoms with van der Waals surface area (Å²) >= 11 is 3.09. The molecule has 4 heteroatoms. The van der Waals surface area contributed by atoms with E-state index in [1.807, 2.05) is 30.3 Å². The number of ether oxygens (including phenoxy) is 2. The van der Waals surface area contributed by atoms with Crippen molar-refractivity contribution >= 4 is 21.7 Å². The number of benzene rings is 1. The van der Waals surface area contributed by atoms with Gasteiger partial charge in [0.15, 0.2) is 0 Å². The fraction of sp³-hybridized carbons (Fsp3) is 0.250. The number of carbonyl (C=O) groups is 1. The molecule has 0 aliphatic carbocycles. The number of ketones is 1. The van der Waals surface area contributed by atoms with Crippen LogP contribution >= 0.6 is 15.9 Å². The molecule has 1 aliphatic rings. The fourth-order valence-electron chi connectivity index (χ4n) is 1.43. The van der Waals surface area contributed by atoms with Gasteiger partial charge in [0, 0.05) is 6.42 Å². The van der Waals surface area contributed by atoms with Crippen LogP contribution in [0.1, 0.15) is 5.56 Å². The van der Waals surface area contributed by atoms with Gasteiger partial charge >= 0.3 is 0 Å². The second kappa shape index (κ2) is 5.16. The van der Waals surface area contributed by atoms with E-state index in [1.165, 1.54) is 6.26 Å². The van der Waals surface area contributed by atoms with E-state index in [1.54, 1.807) is 0 Å². The van der Waals surface area contributed by atoms with E-state index in [9.17, 15) is 4.79 Å². The first kappa shape index (κ1) is 11.2. The maximum absolute atomic E-state index is 11.3. The molecule has 1 aliphatic heterocycles. The van der Waals surface area contributed by atoms with Crippen LogP contribution in [0, 0.1) is 0 Å². The largest absolute Gasteiger partial charge is 0.458 e. The predicted octanol–water partition coefficient (Wildman–Crippen LogP) is 2.41. The van der Waals surface area contributed by atoms with Gasteiger partial charge in [0.2, 0.25) is 17.8 Å². The summed E-state index contributed by atoms with van der Waals surface area (Å²) in [7, 11) is 0. The Kier molecular flexibility index (Phi) is 3.62. The Morgan fingerprint density at radius 2 is 2.06 bits per heavy atom. The molecule has 0 N–H and O–H groups in total. The Hall–Kier alpha value is -1.29. The first-order valence-corrected chi connectivity index (χ1v) is 6.07. The molecule has 1 aromatic carbocycles. The van der Waals surface area contributed by atoms with Crippen LogP contribution in [0.5, 0.6) is 0 Å². The predicted molar refractivity (Wildman–Crippen MR) is 63.0 cm³/mol. The zero-order valence-electron chi connectivity index (χ0n) is 8.56. The van der Waals surface area contributed by atoms with Crippen LogP contribution in [0.4, 0.5) is 0 Å². The lowest BCUT2D eigenvalue weighted by Crippen LogP contribution is -2.14. The third kappa shape index (κ3) is 2.64. The molecular weight excluding hydrogens is 272 g/mol. The molecule has 0 radical (unpaired) electrons. The lowest BCUT2D eigenvalue weighted by atomic mass is 10.1. The van der Waals surface area contributed by atoms with E-state index in [-0.39, 0.29) is 23.2 Å². The van der Waals surface area contributed by atoms with Gasteiger partial charge < -0.3 is 9.47 Å². The minimum absolute atomic E-state index is 0.101. The molecule has 1 aromatic rings. The molecule has 0 saturated carbocycles. The molecule has 0 saturated heterocycles. The van der Waals surface area contributed by atoms with Crippen LogP contribution in [-0.2, 0) is 20.7 Å². The summed E-state index contributed by atoms with van der Waals surface area (Å²) in [5, 5.41) is 0.250. The molecule has 0 fully saturated rings. The van der Waals surface area contributed by atoms with Gasteiger partial charge in [-0.15, -0.1) is 0 Å². The smallest absolute Gasteiger partial charge is 0.244 e. The summed E-state index contributed by atoms with van der Waals surface area (Å²) in [6, 6.07) is 9.87. The molecule has 0 bridgehead atoms. The summed E-state index contributed by atoms with van der Waals surface area (Å²) in [5.74, 6) is 0.188. The fourth-order valence-corrected chi connectivity index (χ4v) is 1.70. The van der Waals surface area contributed by atoms with Crippen molar-refractivity contribution in [3.8, 4) is 0 Å². The summed E-state index contributed by atoms with van der Waals surface area (Å²) in [6.07, 6.45) is 1.63. The van der Waals surface area contributed by atoms with Crippen LogP contribution in [0.15, 0.2) is 42.4 Å². The standard InChI is InChI=1S/C12H11BrO3/c13-7-10(14)11-8-15-12(16-11)6-9-4-2-1-3-5-9/h1-5,8,12H,6-7H2. The van der Waals surface area contributed by atoms with Gasteiger partial charge in [0.25, 0.3) is 0 Å². The second-order valence-electron chi connectivity index (χ2n) is 3.41. The molecule has 1 unspecified atom stereocenters. The Morgan fingerprint density at radius 1 is 1.31 bits per heavy atom. The number of halogens is 1. The first-order chi connectivity index (χ1) is 7.79. The molecule has 16 heavy (non-hydrogen) atoms. The zero-order valence-corrected chi connectivity index (χ0v) is 10.1. The number of rotatable bonds is 4. The average molecular weight is 283 g/mol. The third-order valence-electron chi connectivity index (χ3n) is 2.23. The second-order valence-corrected chi connectivity index (χ2v) is 3.97. The van der Waals surface area contributed by atoms with E-state index in [0.717, 1.165) is 5.56 Å². The topological polar surface area (TPSA) is 35.5 Å². The maximum Gasteiger partial charge on any atom is 0.244 e. The lowest BCUT2D eigenvalue weighted by Gasteiger charge is -2.10. The minimum atomic E-state index is -0.389. The van der Waals surface area contributed by atoms with Gasteiger partial charge in [-0.3, -0.25) is 4.79 Å². The highest BCUT2D eigenvalue weighted by Gasteiger charge is 2.23. The minimum Gasteiger partial charge on any atom is -0.458 e. The van der Waals surface area contributed by atoms with Crippen molar-refractivity contribution in [1.82, 2.24) is 0 Å². The molecule has 3 nitrogen and oxygen atoms in total. The molecule has 0 amide bonds. The van der Waals surface area contributed by atoms with Crippen molar-refractivity contribution < 1.29 is 14.3 Å². The van der Waals surface area contributed by atoms with Gasteiger partial charge in [0.1, 0.15) is 6.26 Å². The highest BCUT2D eigenvalue weighted by Crippen LogP contribution is 2.19. The van der Waals surface area contributed by atoms with Crippen LogP contribution in [-0.4, -0.2) is 17.4 Å². The molecule has 1 heterocycles. The maximum atomic E-state index is 11.3. The van der Waals surface area contributed by atoms with E-state index < -0.39 is 0 Å². The third-order valence-corrected chi connectivity index (χ3v) is 2.74. The van der Waals surface area contributed by atoms with Crippen molar-refractivity contribution in [2.75, 3.05) is 5.33 Å². The van der Waals surface area contributed by atoms with Gasteiger partial charge in [-0.25, -0.2) is 0 Å². The molecule has 2 rings (SSSR count). The first-order valence-electron chi connectivity index (χ1n) is 4.95. The normalized spacial score (nSPS) is 18.6. The average Bonchev–Trinajstić information content (AvgIpc) is 2.78. The Morgan fingerprint density at radius 3 is 2.75 bits per heavy atom. The number of alkyl halides is 1. The van der Waals surface area contributed by atoms with Gasteiger partial charge in [0.05, 0.1) is 5.33 Å². The van der Waals surface area contributed by atoms with Crippen molar-refractivity contribution in [2.24, 2.45) is 0 Å². The van der Waals surface area contributed by atoms with E-state index in [4.69, 9.17) is 9.47 Å². The Bertz CT molecular complexity index is 400. The molecule has 84 valence electrons. The van der Waals surface area contributed by atoms with E-state index in [2.05, 4.69) is 15.9 Å². The van der Waals surface area contributed by atoms with Crippen LogP contribution in [0.25, 0.3) is 0 Å². The van der Waals surface area contributed by atoms with E-state index >= 15 is 0 Å². The van der Waals surface area contributed by atoms with Gasteiger partial charge in [-0.05, 0) is 5.56 Å². The monoisotopic (exact) mass is 282 g/mol. The van der Waals surface area contributed by atoms with Crippen molar-refractivity contribution in [3.05, 3.63) is 47.9 Å². The zero-order chi connectivity index (χ0) is 11.4. The SMILES string of the molecule is O=C(CBr)C1=COC(Cc2ccccc2)O1. The molecular formula is C12H11BrO3. The Balaban J connectivity index is 1.90. The highest BCUT2D eigenvalue weighted by molar-refractivity contribution is 9.09. The van der Waals surface area contributed by atoms with Crippen molar-refractivity contribution in [2.45, 2.75) is 12.7 Å².